The van der Waals surface area contributed by atoms with E-state index in [1.807, 2.05) is 6.92 Å². The minimum absolute atomic E-state index is 0.381. The van der Waals surface area contributed by atoms with Gasteiger partial charge in [-0.05, 0) is 44.2 Å². The first kappa shape index (κ1) is 13.2. The SMILES string of the molecule is CCN(c1ccc(C(F)(F)F)cc1)C1CCNC1. The predicted molar refractivity (Wildman–Crippen MR) is 65.7 cm³/mol. The minimum Gasteiger partial charge on any atom is -0.367 e. The summed E-state index contributed by atoms with van der Waals surface area (Å²) < 4.78 is 37.4. The van der Waals surface area contributed by atoms with Crippen molar-refractivity contribution >= 4 is 5.69 Å². The summed E-state index contributed by atoms with van der Waals surface area (Å²) >= 11 is 0. The Morgan fingerprint density at radius 3 is 2.39 bits per heavy atom. The van der Waals surface area contributed by atoms with Crippen molar-refractivity contribution in [3.63, 3.8) is 0 Å². The molecule has 1 saturated heterocycles. The average Bonchev–Trinajstić information content (AvgIpc) is 2.83. The number of nitrogens with zero attached hydrogens (tertiary/aromatic N) is 1. The van der Waals surface area contributed by atoms with Gasteiger partial charge in [0.25, 0.3) is 0 Å². The van der Waals surface area contributed by atoms with Gasteiger partial charge in [0.1, 0.15) is 0 Å². The first-order valence-corrected chi connectivity index (χ1v) is 6.17. The first-order chi connectivity index (χ1) is 8.52. The lowest BCUT2D eigenvalue weighted by Crippen LogP contribution is -2.36. The van der Waals surface area contributed by atoms with Crippen LogP contribution in [0.2, 0.25) is 0 Å². The third kappa shape index (κ3) is 2.77. The van der Waals surface area contributed by atoms with Gasteiger partial charge in [-0.3, -0.25) is 0 Å². The molecule has 1 unspecified atom stereocenters. The Labute approximate surface area is 105 Å². The van der Waals surface area contributed by atoms with E-state index in [1.54, 1.807) is 12.1 Å². The lowest BCUT2D eigenvalue weighted by molar-refractivity contribution is -0.137. The van der Waals surface area contributed by atoms with Crippen LogP contribution in [-0.4, -0.2) is 25.7 Å². The van der Waals surface area contributed by atoms with Crippen LogP contribution in [0.4, 0.5) is 18.9 Å². The lowest BCUT2D eigenvalue weighted by Gasteiger charge is -2.29. The van der Waals surface area contributed by atoms with Crippen LogP contribution in [0.25, 0.3) is 0 Å². The van der Waals surface area contributed by atoms with Gasteiger partial charge in [0.2, 0.25) is 0 Å². The summed E-state index contributed by atoms with van der Waals surface area (Å²) in [4.78, 5) is 2.15. The molecule has 1 N–H and O–H groups in total. The highest BCUT2D eigenvalue weighted by atomic mass is 19.4. The highest BCUT2D eigenvalue weighted by molar-refractivity contribution is 5.49. The van der Waals surface area contributed by atoms with E-state index in [2.05, 4.69) is 10.2 Å². The molecule has 1 aliphatic rings. The van der Waals surface area contributed by atoms with Crippen molar-refractivity contribution in [3.05, 3.63) is 29.8 Å². The van der Waals surface area contributed by atoms with Gasteiger partial charge in [0, 0.05) is 24.8 Å². The van der Waals surface area contributed by atoms with Gasteiger partial charge in [-0.1, -0.05) is 0 Å². The van der Waals surface area contributed by atoms with Crippen molar-refractivity contribution < 1.29 is 13.2 Å². The van der Waals surface area contributed by atoms with Crippen LogP contribution in [0.15, 0.2) is 24.3 Å². The maximum absolute atomic E-state index is 12.5. The molecule has 18 heavy (non-hydrogen) atoms. The smallest absolute Gasteiger partial charge is 0.367 e. The number of halogens is 3. The Morgan fingerprint density at radius 1 is 1.28 bits per heavy atom. The van der Waals surface area contributed by atoms with Gasteiger partial charge in [0.05, 0.1) is 5.56 Å². The molecule has 2 nitrogen and oxygen atoms in total. The zero-order chi connectivity index (χ0) is 13.2. The lowest BCUT2D eigenvalue weighted by atomic mass is 10.1. The standard InChI is InChI=1S/C13H17F3N2/c1-2-18(12-7-8-17-9-12)11-5-3-10(4-6-11)13(14,15)16/h3-6,12,17H,2,7-9H2,1H3. The van der Waals surface area contributed by atoms with Crippen LogP contribution in [0.3, 0.4) is 0 Å². The molecule has 0 radical (unpaired) electrons. The number of likely N-dealkylation sites (N-methyl/N-ethyl adjacent to an activating group) is 1. The molecule has 1 aliphatic heterocycles. The fourth-order valence-electron chi connectivity index (χ4n) is 2.40. The van der Waals surface area contributed by atoms with Crippen molar-refractivity contribution in [3.8, 4) is 0 Å². The molecular formula is C13H17F3N2. The molecule has 0 aliphatic carbocycles. The molecular weight excluding hydrogens is 241 g/mol. The van der Waals surface area contributed by atoms with Crippen molar-refractivity contribution in [2.24, 2.45) is 0 Å². The second-order valence-corrected chi connectivity index (χ2v) is 4.48. The molecule has 2 rings (SSSR count). The Bertz CT molecular complexity index is 380. The van der Waals surface area contributed by atoms with E-state index in [-0.39, 0.29) is 0 Å². The minimum atomic E-state index is -4.26. The number of nitrogens with one attached hydrogen (secondary N) is 1. The van der Waals surface area contributed by atoms with Crippen LogP contribution in [0, 0.1) is 0 Å². The molecule has 100 valence electrons. The number of alkyl halides is 3. The number of anilines is 1. The molecule has 0 bridgehead atoms. The predicted octanol–water partition coefficient (Wildman–Crippen LogP) is 2.89. The molecule has 1 aromatic rings. The van der Waals surface area contributed by atoms with Crippen molar-refractivity contribution in [1.82, 2.24) is 5.32 Å². The Balaban J connectivity index is 2.16. The van der Waals surface area contributed by atoms with Crippen LogP contribution >= 0.6 is 0 Å². The molecule has 5 heteroatoms. The monoisotopic (exact) mass is 258 g/mol. The largest absolute Gasteiger partial charge is 0.416 e. The van der Waals surface area contributed by atoms with E-state index in [4.69, 9.17) is 0 Å². The van der Waals surface area contributed by atoms with Crippen LogP contribution in [-0.2, 0) is 6.18 Å². The summed E-state index contributed by atoms with van der Waals surface area (Å²) in [6, 6.07) is 5.81. The van der Waals surface area contributed by atoms with Gasteiger partial charge in [0.15, 0.2) is 0 Å². The molecule has 1 aromatic carbocycles. The summed E-state index contributed by atoms with van der Waals surface area (Å²) in [7, 11) is 0. The van der Waals surface area contributed by atoms with Gasteiger partial charge in [-0.25, -0.2) is 0 Å². The normalized spacial score (nSPS) is 20.1. The second-order valence-electron chi connectivity index (χ2n) is 4.48. The topological polar surface area (TPSA) is 15.3 Å². The van der Waals surface area contributed by atoms with E-state index in [0.717, 1.165) is 43.9 Å². The summed E-state index contributed by atoms with van der Waals surface area (Å²) in [6.07, 6.45) is -3.22. The zero-order valence-electron chi connectivity index (χ0n) is 10.3. The maximum Gasteiger partial charge on any atom is 0.416 e. The van der Waals surface area contributed by atoms with Gasteiger partial charge >= 0.3 is 6.18 Å². The van der Waals surface area contributed by atoms with E-state index in [0.29, 0.717) is 6.04 Å². The Morgan fingerprint density at radius 2 is 1.94 bits per heavy atom. The van der Waals surface area contributed by atoms with E-state index < -0.39 is 11.7 Å². The first-order valence-electron chi connectivity index (χ1n) is 6.17. The van der Waals surface area contributed by atoms with Gasteiger partial charge in [-0.2, -0.15) is 13.2 Å². The fraction of sp³-hybridized carbons (Fsp3) is 0.538. The average molecular weight is 258 g/mol. The second kappa shape index (κ2) is 5.18. The quantitative estimate of drug-likeness (QED) is 0.896. The number of hydrogen-bond donors (Lipinski definition) is 1. The van der Waals surface area contributed by atoms with E-state index >= 15 is 0 Å². The third-order valence-corrected chi connectivity index (χ3v) is 3.34. The van der Waals surface area contributed by atoms with Crippen molar-refractivity contribution in [2.45, 2.75) is 25.6 Å². The fourth-order valence-corrected chi connectivity index (χ4v) is 2.40. The van der Waals surface area contributed by atoms with Crippen molar-refractivity contribution in [1.29, 1.82) is 0 Å². The third-order valence-electron chi connectivity index (χ3n) is 3.34. The van der Waals surface area contributed by atoms with Crippen LogP contribution < -0.4 is 10.2 Å². The van der Waals surface area contributed by atoms with Crippen LogP contribution in [0.1, 0.15) is 18.9 Å². The Kier molecular flexibility index (Phi) is 3.80. The summed E-state index contributed by atoms with van der Waals surface area (Å²) in [5.74, 6) is 0. The summed E-state index contributed by atoms with van der Waals surface area (Å²) in [6.45, 7) is 4.70. The van der Waals surface area contributed by atoms with E-state index in [9.17, 15) is 13.2 Å². The maximum atomic E-state index is 12.5. The molecule has 1 atom stereocenters. The highest BCUT2D eigenvalue weighted by Crippen LogP contribution is 2.31. The van der Waals surface area contributed by atoms with Crippen LogP contribution in [0.5, 0.6) is 0 Å². The number of rotatable bonds is 3. The zero-order valence-corrected chi connectivity index (χ0v) is 10.3. The van der Waals surface area contributed by atoms with Crippen molar-refractivity contribution in [2.75, 3.05) is 24.5 Å². The summed E-state index contributed by atoms with van der Waals surface area (Å²) in [5.41, 5.74) is 0.269. The molecule has 0 amide bonds. The number of benzene rings is 1. The number of hydrogen-bond acceptors (Lipinski definition) is 2. The van der Waals surface area contributed by atoms with Gasteiger partial charge in [-0.15, -0.1) is 0 Å². The highest BCUT2D eigenvalue weighted by Gasteiger charge is 2.30. The molecule has 1 fully saturated rings. The van der Waals surface area contributed by atoms with E-state index in [1.165, 1.54) is 0 Å². The molecule has 0 saturated carbocycles. The molecule has 0 spiro atoms. The van der Waals surface area contributed by atoms with Gasteiger partial charge < -0.3 is 10.2 Å². The summed E-state index contributed by atoms with van der Waals surface area (Å²) in [5, 5.41) is 3.27. The Hall–Kier alpha value is -1.23. The molecule has 0 aromatic heterocycles. The molecule has 1 heterocycles.